The van der Waals surface area contributed by atoms with E-state index in [4.69, 9.17) is 23.2 Å². The lowest BCUT2D eigenvalue weighted by atomic mass is 10.1. The Morgan fingerprint density at radius 2 is 1.81 bits per heavy atom. The van der Waals surface area contributed by atoms with Crippen LogP contribution in [0.15, 0.2) is 42.5 Å². The molecule has 0 aromatic heterocycles. The van der Waals surface area contributed by atoms with Gasteiger partial charge in [-0.3, -0.25) is 9.10 Å². The lowest BCUT2D eigenvalue weighted by Crippen LogP contribution is -2.47. The lowest BCUT2D eigenvalue weighted by molar-refractivity contribution is -0.117. The number of anilines is 2. The highest BCUT2D eigenvalue weighted by atomic mass is 35.5. The Morgan fingerprint density at radius 1 is 1.15 bits per heavy atom. The van der Waals surface area contributed by atoms with Gasteiger partial charge in [0.2, 0.25) is 15.9 Å². The summed E-state index contributed by atoms with van der Waals surface area (Å²) in [6, 6.07) is 10.7. The van der Waals surface area contributed by atoms with Crippen LogP contribution in [0.3, 0.4) is 0 Å². The minimum Gasteiger partial charge on any atom is -0.323 e. The first-order chi connectivity index (χ1) is 12.1. The van der Waals surface area contributed by atoms with Gasteiger partial charge in [-0.25, -0.2) is 8.42 Å². The number of aryl methyl sites for hydroxylation is 1. The molecule has 0 bridgehead atoms. The molecular weight excluding hydrogens is 395 g/mol. The quantitative estimate of drug-likeness (QED) is 0.756. The third kappa shape index (κ3) is 4.69. The number of hydrogen-bond acceptors (Lipinski definition) is 3. The van der Waals surface area contributed by atoms with Crippen molar-refractivity contribution in [2.45, 2.75) is 26.3 Å². The summed E-state index contributed by atoms with van der Waals surface area (Å²) in [6.45, 7) is 3.56. The van der Waals surface area contributed by atoms with E-state index in [2.05, 4.69) is 5.32 Å². The van der Waals surface area contributed by atoms with Gasteiger partial charge < -0.3 is 5.32 Å². The van der Waals surface area contributed by atoms with Crippen molar-refractivity contribution in [2.24, 2.45) is 0 Å². The molecule has 0 radical (unpaired) electrons. The van der Waals surface area contributed by atoms with Crippen molar-refractivity contribution in [3.63, 3.8) is 0 Å². The number of halogens is 2. The zero-order valence-electron chi connectivity index (χ0n) is 14.7. The van der Waals surface area contributed by atoms with Gasteiger partial charge in [-0.05, 0) is 43.2 Å². The van der Waals surface area contributed by atoms with E-state index in [1.807, 2.05) is 6.92 Å². The van der Waals surface area contributed by atoms with Crippen molar-refractivity contribution in [3.05, 3.63) is 58.1 Å². The van der Waals surface area contributed by atoms with Crippen molar-refractivity contribution in [3.8, 4) is 0 Å². The van der Waals surface area contributed by atoms with Gasteiger partial charge in [-0.1, -0.05) is 48.3 Å². The predicted molar refractivity (Wildman–Crippen MR) is 108 cm³/mol. The third-order valence-electron chi connectivity index (χ3n) is 3.87. The van der Waals surface area contributed by atoms with Gasteiger partial charge in [0.25, 0.3) is 0 Å². The van der Waals surface area contributed by atoms with Crippen LogP contribution >= 0.6 is 23.2 Å². The van der Waals surface area contributed by atoms with E-state index in [0.29, 0.717) is 21.4 Å². The van der Waals surface area contributed by atoms with Gasteiger partial charge in [0.15, 0.2) is 0 Å². The minimum atomic E-state index is -3.73. The number of amides is 1. The van der Waals surface area contributed by atoms with E-state index in [1.165, 1.54) is 0 Å². The number of rotatable bonds is 6. The Kier molecular flexibility index (Phi) is 6.55. The summed E-state index contributed by atoms with van der Waals surface area (Å²) in [5.74, 6) is -0.470. The van der Waals surface area contributed by atoms with Gasteiger partial charge in [0, 0.05) is 5.02 Å². The Bertz CT molecular complexity index is 916. The van der Waals surface area contributed by atoms with Crippen LogP contribution in [0, 0.1) is 6.92 Å². The van der Waals surface area contributed by atoms with E-state index in [-0.39, 0.29) is 6.42 Å². The first-order valence-electron chi connectivity index (χ1n) is 7.96. The maximum absolute atomic E-state index is 12.8. The van der Waals surface area contributed by atoms with E-state index in [1.54, 1.807) is 49.4 Å². The number of carbonyl (C=O) groups excluding carboxylic acids is 1. The Morgan fingerprint density at radius 3 is 2.35 bits per heavy atom. The van der Waals surface area contributed by atoms with Crippen LogP contribution in [0.2, 0.25) is 10.0 Å². The van der Waals surface area contributed by atoms with Gasteiger partial charge in [0.05, 0.1) is 22.7 Å². The van der Waals surface area contributed by atoms with Crippen LogP contribution in [-0.4, -0.2) is 26.6 Å². The van der Waals surface area contributed by atoms with Crippen molar-refractivity contribution < 1.29 is 13.2 Å². The highest BCUT2D eigenvalue weighted by Gasteiger charge is 2.32. The standard InChI is InChI=1S/C18H20Cl2N2O3S/c1-4-17(18(23)21-16-8-6-5-7-14(16)19)22(26(3,24)25)13-10-9-12(2)15(20)11-13/h5-11,17H,4H2,1-3H3,(H,21,23). The molecule has 2 rings (SSSR count). The van der Waals surface area contributed by atoms with E-state index < -0.39 is 22.0 Å². The summed E-state index contributed by atoms with van der Waals surface area (Å²) in [7, 11) is -3.73. The number of para-hydroxylation sites is 1. The molecule has 0 aliphatic rings. The molecule has 0 spiro atoms. The molecule has 140 valence electrons. The van der Waals surface area contributed by atoms with Crippen molar-refractivity contribution in [1.29, 1.82) is 0 Å². The second-order valence-electron chi connectivity index (χ2n) is 5.89. The monoisotopic (exact) mass is 414 g/mol. The Balaban J connectivity index is 2.43. The SMILES string of the molecule is CCC(C(=O)Nc1ccccc1Cl)N(c1ccc(C)c(Cl)c1)S(C)(=O)=O. The molecule has 1 N–H and O–H groups in total. The molecule has 1 atom stereocenters. The third-order valence-corrected chi connectivity index (χ3v) is 5.79. The van der Waals surface area contributed by atoms with Crippen molar-refractivity contribution in [2.75, 3.05) is 15.9 Å². The molecule has 5 nitrogen and oxygen atoms in total. The number of nitrogens with one attached hydrogen (secondary N) is 1. The van der Waals surface area contributed by atoms with Gasteiger partial charge in [0.1, 0.15) is 6.04 Å². The molecule has 1 unspecified atom stereocenters. The van der Waals surface area contributed by atoms with Crippen LogP contribution in [0.25, 0.3) is 0 Å². The normalized spacial score (nSPS) is 12.5. The molecule has 0 saturated heterocycles. The second kappa shape index (κ2) is 8.29. The second-order valence-corrected chi connectivity index (χ2v) is 8.56. The first-order valence-corrected chi connectivity index (χ1v) is 10.6. The molecule has 2 aromatic rings. The molecule has 0 heterocycles. The number of sulfonamides is 1. The maximum Gasteiger partial charge on any atom is 0.248 e. The largest absolute Gasteiger partial charge is 0.323 e. The summed E-state index contributed by atoms with van der Waals surface area (Å²) in [4.78, 5) is 12.8. The molecule has 0 fully saturated rings. The van der Waals surface area contributed by atoms with E-state index in [9.17, 15) is 13.2 Å². The fourth-order valence-electron chi connectivity index (χ4n) is 2.56. The first kappa shape index (κ1) is 20.6. The fraction of sp³-hybridized carbons (Fsp3) is 0.278. The molecule has 0 aliphatic heterocycles. The molecule has 1 amide bonds. The predicted octanol–water partition coefficient (Wildman–Crippen LogP) is 4.49. The topological polar surface area (TPSA) is 66.5 Å². The summed E-state index contributed by atoms with van der Waals surface area (Å²) < 4.78 is 25.9. The zero-order chi connectivity index (χ0) is 19.5. The van der Waals surface area contributed by atoms with Crippen molar-refractivity contribution >= 4 is 50.5 Å². The summed E-state index contributed by atoms with van der Waals surface area (Å²) in [6.07, 6.45) is 1.33. The summed E-state index contributed by atoms with van der Waals surface area (Å²) in [5, 5.41) is 3.50. The van der Waals surface area contributed by atoms with E-state index >= 15 is 0 Å². The highest BCUT2D eigenvalue weighted by molar-refractivity contribution is 7.92. The fourth-order valence-corrected chi connectivity index (χ4v) is 4.12. The summed E-state index contributed by atoms with van der Waals surface area (Å²) in [5.41, 5.74) is 1.58. The Hall–Kier alpha value is -1.76. The van der Waals surface area contributed by atoms with Crippen LogP contribution < -0.4 is 9.62 Å². The maximum atomic E-state index is 12.8. The number of benzene rings is 2. The minimum absolute atomic E-state index is 0.273. The molecule has 26 heavy (non-hydrogen) atoms. The number of carbonyl (C=O) groups is 1. The van der Waals surface area contributed by atoms with Gasteiger partial charge in [-0.15, -0.1) is 0 Å². The highest BCUT2D eigenvalue weighted by Crippen LogP contribution is 2.28. The van der Waals surface area contributed by atoms with Crippen LogP contribution in [0.4, 0.5) is 11.4 Å². The smallest absolute Gasteiger partial charge is 0.248 e. The number of nitrogens with zero attached hydrogens (tertiary/aromatic N) is 1. The van der Waals surface area contributed by atoms with Crippen LogP contribution in [0.1, 0.15) is 18.9 Å². The molecule has 0 aliphatic carbocycles. The molecule has 2 aromatic carbocycles. The molecular formula is C18H20Cl2N2O3S. The lowest BCUT2D eigenvalue weighted by Gasteiger charge is -2.30. The Labute approximate surface area is 164 Å². The van der Waals surface area contributed by atoms with Crippen molar-refractivity contribution in [1.82, 2.24) is 0 Å². The van der Waals surface area contributed by atoms with Crippen LogP contribution in [0.5, 0.6) is 0 Å². The summed E-state index contributed by atoms with van der Waals surface area (Å²) >= 11 is 12.2. The molecule has 8 heteroatoms. The van der Waals surface area contributed by atoms with Crippen LogP contribution in [-0.2, 0) is 14.8 Å². The van der Waals surface area contributed by atoms with E-state index in [0.717, 1.165) is 16.1 Å². The average Bonchev–Trinajstić information content (AvgIpc) is 2.56. The number of hydrogen-bond donors (Lipinski definition) is 1. The van der Waals surface area contributed by atoms with Gasteiger partial charge in [-0.2, -0.15) is 0 Å². The average molecular weight is 415 g/mol. The zero-order valence-corrected chi connectivity index (χ0v) is 17.0. The van der Waals surface area contributed by atoms with Gasteiger partial charge >= 0.3 is 0 Å². The molecule has 0 saturated carbocycles.